The fourth-order valence-corrected chi connectivity index (χ4v) is 5.84. The maximum absolute atomic E-state index is 15.2. The zero-order valence-electron chi connectivity index (χ0n) is 22.4. The van der Waals surface area contributed by atoms with Gasteiger partial charge >= 0.3 is 6.03 Å². The van der Waals surface area contributed by atoms with Crippen molar-refractivity contribution in [1.82, 2.24) is 19.7 Å². The maximum Gasteiger partial charge on any atom is 0.321 e. The van der Waals surface area contributed by atoms with E-state index >= 15 is 4.39 Å². The number of amides is 2. The second kappa shape index (κ2) is 11.8. The first-order valence-electron chi connectivity index (χ1n) is 13.4. The molecule has 0 saturated carbocycles. The summed E-state index contributed by atoms with van der Waals surface area (Å²) in [6.45, 7) is 0.912. The van der Waals surface area contributed by atoms with Gasteiger partial charge in [-0.3, -0.25) is 9.88 Å². The number of aliphatic hydroxyl groups excluding tert-OH is 1. The van der Waals surface area contributed by atoms with Crippen LogP contribution in [0.4, 0.5) is 18.0 Å². The lowest BCUT2D eigenvalue weighted by atomic mass is 9.89. The Hall–Kier alpha value is -3.69. The predicted octanol–water partition coefficient (Wildman–Crippen LogP) is 5.00. The summed E-state index contributed by atoms with van der Waals surface area (Å²) >= 11 is 0. The summed E-state index contributed by atoms with van der Waals surface area (Å²) in [5, 5.41) is 10.7. The van der Waals surface area contributed by atoms with Crippen LogP contribution in [0, 0.1) is 11.6 Å². The number of pyridine rings is 1. The molecule has 0 spiro atoms. The van der Waals surface area contributed by atoms with E-state index in [0.717, 1.165) is 23.8 Å². The van der Waals surface area contributed by atoms with Gasteiger partial charge in [0.1, 0.15) is 23.3 Å². The highest BCUT2D eigenvalue weighted by Crippen LogP contribution is 2.41. The van der Waals surface area contributed by atoms with Gasteiger partial charge in [-0.2, -0.15) is 0 Å². The first-order chi connectivity index (χ1) is 19.3. The molecule has 210 valence electrons. The van der Waals surface area contributed by atoms with Gasteiger partial charge < -0.3 is 14.9 Å². The third-order valence-electron chi connectivity index (χ3n) is 7.98. The van der Waals surface area contributed by atoms with Crippen molar-refractivity contribution in [1.29, 1.82) is 0 Å². The Bertz CT molecular complexity index is 1360. The number of hydrogen-bond acceptors (Lipinski definition) is 4. The molecule has 0 bridgehead atoms. The van der Waals surface area contributed by atoms with Crippen LogP contribution >= 0.6 is 0 Å². The monoisotopic (exact) mass is 550 g/mol. The number of alkyl halides is 1. The molecule has 2 amide bonds. The Morgan fingerprint density at radius 1 is 1.15 bits per heavy atom. The molecule has 2 aliphatic heterocycles. The van der Waals surface area contributed by atoms with E-state index in [2.05, 4.69) is 4.98 Å². The topological polar surface area (TPSA) is 59.9 Å². The van der Waals surface area contributed by atoms with Crippen LogP contribution in [0.15, 0.2) is 79.1 Å². The normalized spacial score (nSPS) is 23.5. The molecule has 3 aromatic rings. The third kappa shape index (κ3) is 5.62. The molecular formula is C31H33F3N4O2. The van der Waals surface area contributed by atoms with Crippen LogP contribution in [0.5, 0.6) is 0 Å². The molecular weight excluding hydrogens is 517 g/mol. The van der Waals surface area contributed by atoms with Crippen molar-refractivity contribution in [2.24, 2.45) is 0 Å². The van der Waals surface area contributed by atoms with Gasteiger partial charge in [0.2, 0.25) is 0 Å². The van der Waals surface area contributed by atoms with Gasteiger partial charge in [0, 0.05) is 63.6 Å². The summed E-state index contributed by atoms with van der Waals surface area (Å²) in [5.74, 6) is -1.22. The standard InChI is InChI=1S/C31H33F3N4O2/c1-36(27-11-13-37(20-26(33)14-27)18-22-6-5-12-35-17-22)30(40)38-19-23(28-15-25(32)9-10-29(28)34)16-31(38,21-39)24-7-3-2-4-8-24/h2-10,12,15-17,26-27,39H,11,13-14,18-21H2,1H3/t26?,27?,31-/m1/s1. The van der Waals surface area contributed by atoms with E-state index in [0.29, 0.717) is 30.6 Å². The number of aromatic nitrogens is 1. The first-order valence-corrected chi connectivity index (χ1v) is 13.4. The highest BCUT2D eigenvalue weighted by atomic mass is 19.1. The van der Waals surface area contributed by atoms with E-state index < -0.39 is 36.0 Å². The molecule has 40 heavy (non-hydrogen) atoms. The van der Waals surface area contributed by atoms with Crippen LogP contribution in [-0.2, 0) is 12.1 Å². The van der Waals surface area contributed by atoms with Gasteiger partial charge in [-0.25, -0.2) is 18.0 Å². The van der Waals surface area contributed by atoms with Gasteiger partial charge in [0.15, 0.2) is 0 Å². The summed E-state index contributed by atoms with van der Waals surface area (Å²) in [6, 6.07) is 15.2. The molecule has 1 aromatic heterocycles. The third-order valence-corrected chi connectivity index (χ3v) is 7.98. The molecule has 1 saturated heterocycles. The molecule has 1 fully saturated rings. The molecule has 1 N–H and O–H groups in total. The van der Waals surface area contributed by atoms with E-state index in [4.69, 9.17) is 0 Å². The van der Waals surface area contributed by atoms with Gasteiger partial charge in [-0.05, 0) is 53.5 Å². The molecule has 2 unspecified atom stereocenters. The van der Waals surface area contributed by atoms with E-state index in [-0.39, 0.29) is 31.1 Å². The lowest BCUT2D eigenvalue weighted by molar-refractivity contribution is 0.0758. The Morgan fingerprint density at radius 3 is 2.67 bits per heavy atom. The van der Waals surface area contributed by atoms with Gasteiger partial charge in [-0.1, -0.05) is 36.4 Å². The number of hydrogen-bond donors (Lipinski definition) is 1. The number of carbonyl (C=O) groups excluding carboxylic acids is 1. The van der Waals surface area contributed by atoms with Gasteiger partial charge in [-0.15, -0.1) is 0 Å². The number of carbonyl (C=O) groups is 1. The van der Waals surface area contributed by atoms with Gasteiger partial charge in [0.05, 0.1) is 6.61 Å². The van der Waals surface area contributed by atoms with Crippen molar-refractivity contribution < 1.29 is 23.1 Å². The summed E-state index contributed by atoms with van der Waals surface area (Å²) in [6.07, 6.45) is 4.71. The largest absolute Gasteiger partial charge is 0.393 e. The SMILES string of the molecule is CN(C(=O)N1CC(c2cc(F)ccc2F)=C[C@@]1(CO)c1ccccc1)C1CCN(Cc2cccnc2)CC(F)C1. The lowest BCUT2D eigenvalue weighted by Gasteiger charge is -2.41. The molecule has 5 rings (SSSR count). The van der Waals surface area contributed by atoms with Crippen molar-refractivity contribution >= 4 is 11.6 Å². The van der Waals surface area contributed by atoms with Crippen molar-refractivity contribution in [2.45, 2.75) is 37.1 Å². The average Bonchev–Trinajstić information content (AvgIpc) is 3.27. The van der Waals surface area contributed by atoms with E-state index in [1.807, 2.05) is 23.1 Å². The number of likely N-dealkylation sites (tertiary alicyclic amines) is 1. The van der Waals surface area contributed by atoms with Crippen LogP contribution in [0.3, 0.4) is 0 Å². The summed E-state index contributed by atoms with van der Waals surface area (Å²) in [7, 11) is 1.64. The minimum Gasteiger partial charge on any atom is -0.393 e. The molecule has 2 aliphatic rings. The fraction of sp³-hybridized carbons (Fsp3) is 0.355. The fourth-order valence-electron chi connectivity index (χ4n) is 5.84. The molecule has 0 radical (unpaired) electrons. The number of rotatable bonds is 6. The van der Waals surface area contributed by atoms with E-state index in [9.17, 15) is 18.7 Å². The van der Waals surface area contributed by atoms with Crippen molar-refractivity contribution in [3.63, 3.8) is 0 Å². The quantitative estimate of drug-likeness (QED) is 0.469. The van der Waals surface area contributed by atoms with Gasteiger partial charge in [0.25, 0.3) is 0 Å². The molecule has 3 heterocycles. The number of aliphatic hydroxyl groups is 1. The van der Waals surface area contributed by atoms with E-state index in [1.165, 1.54) is 9.80 Å². The summed E-state index contributed by atoms with van der Waals surface area (Å²) in [5.41, 5.74) is 0.762. The Balaban J connectivity index is 1.41. The number of benzene rings is 2. The lowest BCUT2D eigenvalue weighted by Crippen LogP contribution is -2.54. The molecule has 9 heteroatoms. The van der Waals surface area contributed by atoms with Crippen LogP contribution in [0.25, 0.3) is 5.57 Å². The molecule has 0 aliphatic carbocycles. The maximum atomic E-state index is 15.2. The molecule has 2 aromatic carbocycles. The Morgan fingerprint density at radius 2 is 1.95 bits per heavy atom. The Labute approximate surface area is 232 Å². The summed E-state index contributed by atoms with van der Waals surface area (Å²) in [4.78, 5) is 23.3. The number of urea groups is 1. The first kappa shape index (κ1) is 27.9. The van der Waals surface area contributed by atoms with Crippen LogP contribution in [0.2, 0.25) is 0 Å². The van der Waals surface area contributed by atoms with Crippen molar-refractivity contribution in [2.75, 3.05) is 33.3 Å². The van der Waals surface area contributed by atoms with Crippen molar-refractivity contribution in [3.8, 4) is 0 Å². The van der Waals surface area contributed by atoms with Crippen LogP contribution in [-0.4, -0.2) is 76.3 Å². The average molecular weight is 551 g/mol. The second-order valence-corrected chi connectivity index (χ2v) is 10.6. The second-order valence-electron chi connectivity index (χ2n) is 10.6. The van der Waals surface area contributed by atoms with Crippen molar-refractivity contribution in [3.05, 3.63) is 107 Å². The minimum atomic E-state index is -1.30. The highest BCUT2D eigenvalue weighted by Gasteiger charge is 2.46. The molecule has 6 nitrogen and oxygen atoms in total. The summed E-state index contributed by atoms with van der Waals surface area (Å²) < 4.78 is 44.1. The number of halogens is 3. The highest BCUT2D eigenvalue weighted by molar-refractivity contribution is 5.83. The predicted molar refractivity (Wildman–Crippen MR) is 147 cm³/mol. The van der Waals surface area contributed by atoms with Crippen LogP contribution in [0.1, 0.15) is 29.5 Å². The van der Waals surface area contributed by atoms with E-state index in [1.54, 1.807) is 49.8 Å². The Kier molecular flexibility index (Phi) is 8.23. The molecule has 3 atom stereocenters. The minimum absolute atomic E-state index is 0.0380. The zero-order chi connectivity index (χ0) is 28.3. The zero-order valence-corrected chi connectivity index (χ0v) is 22.4. The van der Waals surface area contributed by atoms with Crippen LogP contribution < -0.4 is 0 Å². The number of nitrogens with zero attached hydrogens (tertiary/aromatic N) is 4. The smallest absolute Gasteiger partial charge is 0.321 e.